The van der Waals surface area contributed by atoms with Crippen molar-refractivity contribution in [3.63, 3.8) is 0 Å². The highest BCUT2D eigenvalue weighted by Crippen LogP contribution is 2.15. The average Bonchev–Trinajstić information content (AvgIpc) is 2.61. The van der Waals surface area contributed by atoms with E-state index in [-0.39, 0.29) is 5.78 Å². The van der Waals surface area contributed by atoms with Gasteiger partial charge in [0.05, 0.1) is 0 Å². The molecule has 2 rings (SSSR count). The average molecular weight is 369 g/mol. The van der Waals surface area contributed by atoms with Crippen molar-refractivity contribution in [1.29, 1.82) is 0 Å². The Labute approximate surface area is 158 Å². The van der Waals surface area contributed by atoms with Gasteiger partial charge in [0.25, 0.3) is 5.91 Å². The van der Waals surface area contributed by atoms with Crippen molar-refractivity contribution in [3.8, 4) is 5.75 Å². The van der Waals surface area contributed by atoms with E-state index < -0.39 is 24.1 Å². The molecular weight excluding hydrogens is 346 g/mol. The number of amides is 1. The van der Waals surface area contributed by atoms with E-state index in [1.165, 1.54) is 13.8 Å². The van der Waals surface area contributed by atoms with Crippen LogP contribution in [0.25, 0.3) is 0 Å². The lowest BCUT2D eigenvalue weighted by atomic mass is 10.1. The van der Waals surface area contributed by atoms with Gasteiger partial charge in [0.1, 0.15) is 5.75 Å². The van der Waals surface area contributed by atoms with Crippen LogP contribution in [0.2, 0.25) is 0 Å². The third-order valence-corrected chi connectivity index (χ3v) is 3.83. The number of nitrogens with one attached hydrogen (secondary N) is 1. The molecule has 0 aliphatic heterocycles. The largest absolute Gasteiger partial charge is 0.479 e. The van der Waals surface area contributed by atoms with Gasteiger partial charge in [-0.3, -0.25) is 9.59 Å². The molecule has 1 N–H and O–H groups in total. The van der Waals surface area contributed by atoms with Crippen LogP contribution in [0.4, 0.5) is 5.69 Å². The Morgan fingerprint density at radius 1 is 0.963 bits per heavy atom. The molecule has 2 aromatic rings. The van der Waals surface area contributed by atoms with E-state index in [1.54, 1.807) is 37.3 Å². The quantitative estimate of drug-likeness (QED) is 0.596. The summed E-state index contributed by atoms with van der Waals surface area (Å²) in [6, 6.07) is 13.8. The molecule has 6 nitrogen and oxygen atoms in total. The van der Waals surface area contributed by atoms with Crippen molar-refractivity contribution in [2.24, 2.45) is 0 Å². The van der Waals surface area contributed by atoms with Crippen LogP contribution in [0.5, 0.6) is 5.75 Å². The van der Waals surface area contributed by atoms with Crippen LogP contribution in [0, 0.1) is 6.92 Å². The van der Waals surface area contributed by atoms with E-state index >= 15 is 0 Å². The van der Waals surface area contributed by atoms with Crippen LogP contribution in [0.3, 0.4) is 0 Å². The van der Waals surface area contributed by atoms with Gasteiger partial charge in [0.15, 0.2) is 18.0 Å². The van der Waals surface area contributed by atoms with Crippen LogP contribution >= 0.6 is 0 Å². The summed E-state index contributed by atoms with van der Waals surface area (Å²) in [5, 5.41) is 2.63. The molecule has 0 unspecified atom stereocenters. The zero-order valence-electron chi connectivity index (χ0n) is 15.8. The van der Waals surface area contributed by atoms with Gasteiger partial charge in [-0.25, -0.2) is 4.79 Å². The lowest BCUT2D eigenvalue weighted by molar-refractivity contribution is -0.159. The number of anilines is 1. The van der Waals surface area contributed by atoms with Crippen molar-refractivity contribution >= 4 is 23.3 Å². The Kier molecular flexibility index (Phi) is 6.71. The fourth-order valence-electron chi connectivity index (χ4n) is 2.32. The van der Waals surface area contributed by atoms with Crippen molar-refractivity contribution in [2.45, 2.75) is 39.9 Å². The number of rotatable bonds is 7. The van der Waals surface area contributed by atoms with Crippen LogP contribution in [-0.4, -0.2) is 29.9 Å². The number of carbonyl (C=O) groups is 3. The maximum absolute atomic E-state index is 12.2. The Morgan fingerprint density at radius 3 is 2.33 bits per heavy atom. The minimum atomic E-state index is -1.01. The molecule has 6 heteroatoms. The molecule has 0 radical (unpaired) electrons. The van der Waals surface area contributed by atoms with E-state index in [0.717, 1.165) is 5.56 Å². The number of esters is 1. The number of hydrogen-bond donors (Lipinski definition) is 1. The monoisotopic (exact) mass is 369 g/mol. The lowest BCUT2D eigenvalue weighted by Gasteiger charge is -2.18. The van der Waals surface area contributed by atoms with E-state index in [9.17, 15) is 14.4 Å². The first-order valence-electron chi connectivity index (χ1n) is 8.62. The molecule has 0 heterocycles. The van der Waals surface area contributed by atoms with Crippen LogP contribution < -0.4 is 10.1 Å². The Morgan fingerprint density at radius 2 is 1.67 bits per heavy atom. The zero-order chi connectivity index (χ0) is 20.0. The van der Waals surface area contributed by atoms with Gasteiger partial charge in [0.2, 0.25) is 0 Å². The second-order valence-corrected chi connectivity index (χ2v) is 6.28. The molecular formula is C21H23NO5. The van der Waals surface area contributed by atoms with Crippen molar-refractivity contribution < 1.29 is 23.9 Å². The summed E-state index contributed by atoms with van der Waals surface area (Å²) in [5.41, 5.74) is 1.95. The normalized spacial score (nSPS) is 12.6. The molecule has 0 spiro atoms. The fraction of sp³-hybridized carbons (Fsp3) is 0.286. The summed E-state index contributed by atoms with van der Waals surface area (Å²) in [5.74, 6) is -0.686. The minimum Gasteiger partial charge on any atom is -0.479 e. The van der Waals surface area contributed by atoms with Gasteiger partial charge in [-0.2, -0.15) is 0 Å². The number of carbonyl (C=O) groups excluding carboxylic acids is 3. The molecule has 1 amide bonds. The van der Waals surface area contributed by atoms with Crippen LogP contribution in [0.1, 0.15) is 36.7 Å². The zero-order valence-corrected chi connectivity index (χ0v) is 15.8. The van der Waals surface area contributed by atoms with E-state index in [2.05, 4.69) is 5.32 Å². The van der Waals surface area contributed by atoms with E-state index in [4.69, 9.17) is 9.47 Å². The number of ether oxygens (including phenoxy) is 2. The summed E-state index contributed by atoms with van der Waals surface area (Å²) in [6.45, 7) is 6.40. The Balaban J connectivity index is 1.92. The van der Waals surface area contributed by atoms with E-state index in [0.29, 0.717) is 17.0 Å². The molecule has 0 aliphatic rings. The van der Waals surface area contributed by atoms with Crippen molar-refractivity contribution in [3.05, 3.63) is 59.7 Å². The highest BCUT2D eigenvalue weighted by Gasteiger charge is 2.23. The SMILES string of the molecule is CC(=O)c1cccc(NC(=O)[C@H](C)OC(=O)[C@H](C)Oc2cccc(C)c2)c1. The maximum atomic E-state index is 12.2. The number of ketones is 1. The predicted octanol–water partition coefficient (Wildman–Crippen LogP) is 3.54. The molecule has 0 fully saturated rings. The molecule has 2 aromatic carbocycles. The summed E-state index contributed by atoms with van der Waals surface area (Å²) >= 11 is 0. The number of aryl methyl sites for hydroxylation is 1. The summed E-state index contributed by atoms with van der Waals surface area (Å²) in [6.07, 6.45) is -1.87. The molecule has 0 saturated heterocycles. The third-order valence-electron chi connectivity index (χ3n) is 3.83. The van der Waals surface area contributed by atoms with Crippen LogP contribution in [-0.2, 0) is 14.3 Å². The molecule has 0 aromatic heterocycles. The molecule has 0 saturated carbocycles. The number of hydrogen-bond acceptors (Lipinski definition) is 5. The molecule has 2 atom stereocenters. The van der Waals surface area contributed by atoms with Gasteiger partial charge in [-0.1, -0.05) is 24.3 Å². The predicted molar refractivity (Wildman–Crippen MR) is 102 cm³/mol. The second kappa shape index (κ2) is 8.98. The summed E-state index contributed by atoms with van der Waals surface area (Å²) < 4.78 is 10.7. The second-order valence-electron chi connectivity index (χ2n) is 6.28. The smallest absolute Gasteiger partial charge is 0.347 e. The Hall–Kier alpha value is -3.15. The Bertz CT molecular complexity index is 846. The first-order valence-corrected chi connectivity index (χ1v) is 8.62. The van der Waals surface area contributed by atoms with Gasteiger partial charge in [0, 0.05) is 11.3 Å². The molecule has 142 valence electrons. The topological polar surface area (TPSA) is 81.7 Å². The molecule has 0 aliphatic carbocycles. The van der Waals surface area contributed by atoms with Gasteiger partial charge < -0.3 is 14.8 Å². The van der Waals surface area contributed by atoms with Crippen molar-refractivity contribution in [1.82, 2.24) is 0 Å². The highest BCUT2D eigenvalue weighted by molar-refractivity contribution is 5.98. The molecule has 27 heavy (non-hydrogen) atoms. The highest BCUT2D eigenvalue weighted by atomic mass is 16.6. The summed E-state index contributed by atoms with van der Waals surface area (Å²) in [4.78, 5) is 35.8. The van der Waals surface area contributed by atoms with Crippen molar-refractivity contribution in [2.75, 3.05) is 5.32 Å². The standard InChI is InChI=1S/C21H23NO5/c1-13-7-5-10-19(11-13)26-16(4)21(25)27-15(3)20(24)22-18-9-6-8-17(12-18)14(2)23/h5-12,15-16H,1-4H3,(H,22,24)/t15-,16-/m0/s1. The first kappa shape index (κ1) is 20.2. The van der Waals surface area contributed by atoms with Crippen LogP contribution in [0.15, 0.2) is 48.5 Å². The number of benzene rings is 2. The van der Waals surface area contributed by atoms with Gasteiger partial charge in [-0.05, 0) is 57.5 Å². The lowest BCUT2D eigenvalue weighted by Crippen LogP contribution is -2.35. The van der Waals surface area contributed by atoms with Gasteiger partial charge in [-0.15, -0.1) is 0 Å². The third kappa shape index (κ3) is 5.95. The first-order chi connectivity index (χ1) is 12.8. The number of Topliss-reactive ketones (excluding diaryl/α,β-unsaturated/α-hetero) is 1. The fourth-order valence-corrected chi connectivity index (χ4v) is 2.32. The van der Waals surface area contributed by atoms with E-state index in [1.807, 2.05) is 25.1 Å². The summed E-state index contributed by atoms with van der Waals surface area (Å²) in [7, 11) is 0. The van der Waals surface area contributed by atoms with Gasteiger partial charge >= 0.3 is 5.97 Å². The maximum Gasteiger partial charge on any atom is 0.347 e. The molecule has 0 bridgehead atoms. The minimum absolute atomic E-state index is 0.104.